The number of carbonyl (C=O) groups excluding carboxylic acids is 1. The van der Waals surface area contributed by atoms with Crippen molar-refractivity contribution in [1.29, 1.82) is 5.26 Å². The molecule has 1 aliphatic rings. The van der Waals surface area contributed by atoms with Crippen LogP contribution in [0.25, 0.3) is 0 Å². The third kappa shape index (κ3) is 3.80. The maximum atomic E-state index is 12.4. The van der Waals surface area contributed by atoms with Gasteiger partial charge in [-0.05, 0) is 51.3 Å². The zero-order valence-electron chi connectivity index (χ0n) is 14.0. The van der Waals surface area contributed by atoms with Crippen molar-refractivity contribution in [3.05, 3.63) is 32.7 Å². The molecule has 2 rings (SSSR count). The molecule has 1 aromatic rings. The summed E-state index contributed by atoms with van der Waals surface area (Å²) in [5, 5.41) is 12.3. The van der Waals surface area contributed by atoms with E-state index in [1.54, 1.807) is 6.92 Å². The van der Waals surface area contributed by atoms with Gasteiger partial charge in [-0.2, -0.15) is 5.26 Å². The predicted octanol–water partition coefficient (Wildman–Crippen LogP) is 1.01. The van der Waals surface area contributed by atoms with E-state index in [2.05, 4.69) is 10.3 Å². The fraction of sp³-hybridized carbons (Fsp3) is 0.588. The highest BCUT2D eigenvalue weighted by atomic mass is 16.2. The number of nitrogens with one attached hydrogen (secondary N) is 2. The number of nitriles is 1. The lowest BCUT2D eigenvalue weighted by Crippen LogP contribution is -2.47. The molecule has 2 heterocycles. The van der Waals surface area contributed by atoms with Gasteiger partial charge < -0.3 is 15.2 Å². The summed E-state index contributed by atoms with van der Waals surface area (Å²) in [6, 6.07) is 2.32. The minimum absolute atomic E-state index is 0.133. The van der Waals surface area contributed by atoms with Crippen molar-refractivity contribution >= 4 is 5.91 Å². The monoisotopic (exact) mass is 316 g/mol. The Bertz CT molecular complexity index is 687. The maximum absolute atomic E-state index is 12.4. The van der Waals surface area contributed by atoms with Crippen molar-refractivity contribution in [2.24, 2.45) is 0 Å². The van der Waals surface area contributed by atoms with E-state index in [0.29, 0.717) is 24.4 Å². The normalized spacial score (nSPS) is 17.8. The molecular weight excluding hydrogens is 292 g/mol. The molecule has 1 fully saturated rings. The number of aromatic nitrogens is 1. The number of H-pyrrole nitrogens is 1. The van der Waals surface area contributed by atoms with Gasteiger partial charge in [0.15, 0.2) is 0 Å². The van der Waals surface area contributed by atoms with Crippen LogP contribution < -0.4 is 10.9 Å². The smallest absolute Gasteiger partial charge is 0.266 e. The van der Waals surface area contributed by atoms with E-state index in [4.69, 9.17) is 5.26 Å². The first-order chi connectivity index (χ1) is 11.0. The molecule has 6 nitrogen and oxygen atoms in total. The average Bonchev–Trinajstić information content (AvgIpc) is 2.54. The van der Waals surface area contributed by atoms with Crippen molar-refractivity contribution in [1.82, 2.24) is 15.2 Å². The molecule has 0 bridgehead atoms. The van der Waals surface area contributed by atoms with Gasteiger partial charge in [-0.3, -0.25) is 9.59 Å². The van der Waals surface area contributed by atoms with Gasteiger partial charge in [0.1, 0.15) is 11.6 Å². The molecule has 23 heavy (non-hydrogen) atoms. The largest absolute Gasteiger partial charge is 0.341 e. The summed E-state index contributed by atoms with van der Waals surface area (Å²) in [7, 11) is 1.93. The van der Waals surface area contributed by atoms with E-state index in [-0.39, 0.29) is 17.0 Å². The summed E-state index contributed by atoms with van der Waals surface area (Å²) in [6.45, 7) is 5.15. The third-order valence-electron chi connectivity index (χ3n) is 4.69. The summed E-state index contributed by atoms with van der Waals surface area (Å²) >= 11 is 0. The van der Waals surface area contributed by atoms with Crippen LogP contribution in [0.5, 0.6) is 0 Å². The van der Waals surface area contributed by atoms with Gasteiger partial charge in [-0.15, -0.1) is 0 Å². The Morgan fingerprint density at radius 1 is 1.48 bits per heavy atom. The molecule has 1 aliphatic heterocycles. The van der Waals surface area contributed by atoms with Gasteiger partial charge in [-0.1, -0.05) is 0 Å². The number of piperidine rings is 1. The average molecular weight is 316 g/mol. The number of pyridine rings is 1. The molecule has 124 valence electrons. The Hall–Kier alpha value is -2.13. The number of nitrogens with zero attached hydrogens (tertiary/aromatic N) is 2. The van der Waals surface area contributed by atoms with Gasteiger partial charge in [0.05, 0.1) is 0 Å². The Morgan fingerprint density at radius 2 is 2.22 bits per heavy atom. The fourth-order valence-corrected chi connectivity index (χ4v) is 3.25. The van der Waals surface area contributed by atoms with Crippen LogP contribution in [-0.4, -0.2) is 42.0 Å². The van der Waals surface area contributed by atoms with Gasteiger partial charge >= 0.3 is 0 Å². The van der Waals surface area contributed by atoms with Crippen molar-refractivity contribution in [3.8, 4) is 6.07 Å². The molecular formula is C17H24N4O2. The molecule has 0 saturated carbocycles. The summed E-state index contributed by atoms with van der Waals surface area (Å²) in [4.78, 5) is 28.8. The zero-order chi connectivity index (χ0) is 17.0. The lowest BCUT2D eigenvalue weighted by Gasteiger charge is -2.32. The second-order valence-electron chi connectivity index (χ2n) is 6.14. The van der Waals surface area contributed by atoms with Gasteiger partial charge in [-0.25, -0.2) is 0 Å². The standard InChI is InChI=1S/C17H24N4O2/c1-11-14(12(2)20-17(23)15(11)9-18)6-7-16(22)21-8-4-5-13(10-21)19-3/h13,19H,4-8,10H2,1-3H3,(H,20,23). The summed E-state index contributed by atoms with van der Waals surface area (Å²) in [5.41, 5.74) is 2.12. The van der Waals surface area contributed by atoms with Gasteiger partial charge in [0, 0.05) is 31.2 Å². The van der Waals surface area contributed by atoms with E-state index in [1.165, 1.54) is 0 Å². The fourth-order valence-electron chi connectivity index (χ4n) is 3.25. The SMILES string of the molecule is CNC1CCCN(C(=O)CCc2c(C)[nH]c(=O)c(C#N)c2C)C1. The Balaban J connectivity index is 2.08. The first-order valence-corrected chi connectivity index (χ1v) is 8.05. The second-order valence-corrected chi connectivity index (χ2v) is 6.14. The van der Waals surface area contributed by atoms with Crippen LogP contribution in [-0.2, 0) is 11.2 Å². The number of hydrogen-bond donors (Lipinski definition) is 2. The lowest BCUT2D eigenvalue weighted by atomic mass is 9.98. The second kappa shape index (κ2) is 7.42. The van der Waals surface area contributed by atoms with E-state index in [0.717, 1.165) is 37.2 Å². The number of carbonyl (C=O) groups is 1. The number of likely N-dealkylation sites (tertiary alicyclic amines) is 1. The number of aryl methyl sites for hydroxylation is 1. The molecule has 1 amide bonds. The molecule has 1 unspecified atom stereocenters. The van der Waals surface area contributed by atoms with Crippen LogP contribution in [0, 0.1) is 25.2 Å². The quantitative estimate of drug-likeness (QED) is 0.867. The maximum Gasteiger partial charge on any atom is 0.266 e. The highest BCUT2D eigenvalue weighted by Crippen LogP contribution is 2.17. The summed E-state index contributed by atoms with van der Waals surface area (Å²) in [6.07, 6.45) is 3.06. The molecule has 2 N–H and O–H groups in total. The summed E-state index contributed by atoms with van der Waals surface area (Å²) < 4.78 is 0. The Labute approximate surface area is 136 Å². The molecule has 0 aliphatic carbocycles. The van der Waals surface area contributed by atoms with Crippen LogP contribution in [0.15, 0.2) is 4.79 Å². The van der Waals surface area contributed by atoms with Crippen LogP contribution in [0.3, 0.4) is 0 Å². The third-order valence-corrected chi connectivity index (χ3v) is 4.69. The van der Waals surface area contributed by atoms with Crippen LogP contribution in [0.4, 0.5) is 0 Å². The number of rotatable bonds is 4. The zero-order valence-corrected chi connectivity index (χ0v) is 14.0. The number of aromatic amines is 1. The summed E-state index contributed by atoms with van der Waals surface area (Å²) in [5.74, 6) is 0.133. The molecule has 0 aromatic carbocycles. The van der Waals surface area contributed by atoms with E-state index in [9.17, 15) is 9.59 Å². The number of amides is 1. The van der Waals surface area contributed by atoms with Crippen molar-refractivity contribution in [2.75, 3.05) is 20.1 Å². The van der Waals surface area contributed by atoms with E-state index in [1.807, 2.05) is 24.9 Å². The van der Waals surface area contributed by atoms with E-state index < -0.39 is 0 Å². The first kappa shape index (κ1) is 17.2. The molecule has 1 atom stereocenters. The lowest BCUT2D eigenvalue weighted by molar-refractivity contribution is -0.132. The van der Waals surface area contributed by atoms with Crippen LogP contribution in [0.2, 0.25) is 0 Å². The van der Waals surface area contributed by atoms with Crippen LogP contribution in [0.1, 0.15) is 41.6 Å². The minimum Gasteiger partial charge on any atom is -0.341 e. The molecule has 1 aromatic heterocycles. The van der Waals surface area contributed by atoms with Crippen molar-refractivity contribution in [3.63, 3.8) is 0 Å². The van der Waals surface area contributed by atoms with Gasteiger partial charge in [0.25, 0.3) is 5.56 Å². The molecule has 1 saturated heterocycles. The highest BCUT2D eigenvalue weighted by molar-refractivity contribution is 5.76. The molecule has 6 heteroatoms. The number of hydrogen-bond acceptors (Lipinski definition) is 4. The van der Waals surface area contributed by atoms with E-state index >= 15 is 0 Å². The number of likely N-dealkylation sites (N-methyl/N-ethyl adjacent to an activating group) is 1. The first-order valence-electron chi connectivity index (χ1n) is 8.05. The van der Waals surface area contributed by atoms with Crippen molar-refractivity contribution < 1.29 is 4.79 Å². The van der Waals surface area contributed by atoms with Crippen molar-refractivity contribution in [2.45, 2.75) is 45.6 Å². The Kier molecular flexibility index (Phi) is 5.56. The van der Waals surface area contributed by atoms with Crippen LogP contribution >= 0.6 is 0 Å². The van der Waals surface area contributed by atoms with Gasteiger partial charge in [0.2, 0.25) is 5.91 Å². The molecule has 0 spiro atoms. The minimum atomic E-state index is -0.356. The topological polar surface area (TPSA) is 89.0 Å². The predicted molar refractivity (Wildman–Crippen MR) is 88.2 cm³/mol. The highest BCUT2D eigenvalue weighted by Gasteiger charge is 2.23. The molecule has 0 radical (unpaired) electrons. The Morgan fingerprint density at radius 3 is 2.87 bits per heavy atom.